The number of ether oxygens (including phenoxy) is 1. The monoisotopic (exact) mass is 197 g/mol. The topological polar surface area (TPSA) is 55.4 Å². The van der Waals surface area contributed by atoms with Crippen LogP contribution in [0.2, 0.25) is 0 Å². The molecule has 0 radical (unpaired) electrons. The van der Waals surface area contributed by atoms with Gasteiger partial charge in [-0.25, -0.2) is 0 Å². The van der Waals surface area contributed by atoms with Gasteiger partial charge < -0.3 is 10.1 Å². The maximum Gasteiger partial charge on any atom is 0.302 e. The van der Waals surface area contributed by atoms with Gasteiger partial charge >= 0.3 is 5.97 Å². The largest absolute Gasteiger partial charge is 0.466 e. The van der Waals surface area contributed by atoms with E-state index >= 15 is 0 Å². The van der Waals surface area contributed by atoms with Crippen molar-refractivity contribution >= 4 is 11.9 Å². The summed E-state index contributed by atoms with van der Waals surface area (Å²) in [4.78, 5) is 21.9. The van der Waals surface area contributed by atoms with Crippen LogP contribution in [0.3, 0.4) is 0 Å². The van der Waals surface area contributed by atoms with Crippen molar-refractivity contribution in [2.24, 2.45) is 0 Å². The summed E-state index contributed by atoms with van der Waals surface area (Å²) in [7, 11) is 0. The molecule has 0 atom stereocenters. The number of carbonyl (C=O) groups excluding carboxylic acids is 2. The summed E-state index contributed by atoms with van der Waals surface area (Å²) in [5, 5.41) is 2.76. The van der Waals surface area contributed by atoms with Crippen molar-refractivity contribution in [3.05, 3.63) is 11.1 Å². The highest BCUT2D eigenvalue weighted by Crippen LogP contribution is 2.15. The van der Waals surface area contributed by atoms with Crippen LogP contribution in [-0.2, 0) is 14.3 Å². The summed E-state index contributed by atoms with van der Waals surface area (Å²) in [6, 6.07) is 0. The molecule has 0 fully saturated rings. The van der Waals surface area contributed by atoms with Gasteiger partial charge in [0.25, 0.3) is 0 Å². The number of hydrogen-bond donors (Lipinski definition) is 1. The molecule has 4 nitrogen and oxygen atoms in total. The number of carbonyl (C=O) groups is 2. The first-order valence-corrected chi connectivity index (χ1v) is 4.71. The van der Waals surface area contributed by atoms with Crippen LogP contribution in [0.4, 0.5) is 0 Å². The fourth-order valence-corrected chi connectivity index (χ4v) is 1.44. The maximum absolute atomic E-state index is 11.4. The molecule has 0 aromatic heterocycles. The fraction of sp³-hybridized carbons (Fsp3) is 0.600. The van der Waals surface area contributed by atoms with Crippen LogP contribution in [0.15, 0.2) is 11.1 Å². The number of hydrogen-bond acceptors (Lipinski definition) is 3. The highest BCUT2D eigenvalue weighted by atomic mass is 16.5. The molecule has 1 rings (SSSR count). The van der Waals surface area contributed by atoms with E-state index in [-0.39, 0.29) is 18.5 Å². The van der Waals surface area contributed by atoms with Crippen LogP contribution in [0.25, 0.3) is 0 Å². The zero-order valence-electron chi connectivity index (χ0n) is 8.55. The predicted octanol–water partition coefficient (Wildman–Crippen LogP) is 0.776. The lowest BCUT2D eigenvalue weighted by atomic mass is 10.00. The average Bonchev–Trinajstić information content (AvgIpc) is 2.09. The van der Waals surface area contributed by atoms with Gasteiger partial charge in [0.1, 0.15) is 0 Å². The van der Waals surface area contributed by atoms with Gasteiger partial charge in [0.2, 0.25) is 5.91 Å². The predicted molar refractivity (Wildman–Crippen MR) is 51.6 cm³/mol. The Morgan fingerprint density at radius 3 is 2.86 bits per heavy atom. The van der Waals surface area contributed by atoms with Crippen molar-refractivity contribution < 1.29 is 14.3 Å². The van der Waals surface area contributed by atoms with Crippen LogP contribution in [0, 0.1) is 0 Å². The van der Waals surface area contributed by atoms with E-state index in [2.05, 4.69) is 5.32 Å². The van der Waals surface area contributed by atoms with E-state index in [0.717, 1.165) is 17.6 Å². The van der Waals surface area contributed by atoms with E-state index in [4.69, 9.17) is 4.74 Å². The van der Waals surface area contributed by atoms with Crippen LogP contribution >= 0.6 is 0 Å². The van der Waals surface area contributed by atoms with Crippen molar-refractivity contribution in [3.63, 3.8) is 0 Å². The van der Waals surface area contributed by atoms with Gasteiger partial charge in [0.05, 0.1) is 6.61 Å². The molecular formula is C10H15NO3. The quantitative estimate of drug-likeness (QED) is 0.680. The zero-order valence-corrected chi connectivity index (χ0v) is 8.55. The zero-order chi connectivity index (χ0) is 10.6. The molecule has 78 valence electrons. The van der Waals surface area contributed by atoms with E-state index < -0.39 is 0 Å². The minimum Gasteiger partial charge on any atom is -0.466 e. The van der Waals surface area contributed by atoms with Crippen molar-refractivity contribution in [3.8, 4) is 0 Å². The second-order valence-electron chi connectivity index (χ2n) is 3.35. The lowest BCUT2D eigenvalue weighted by molar-refractivity contribution is -0.141. The second-order valence-corrected chi connectivity index (χ2v) is 3.35. The molecule has 1 aliphatic rings. The average molecular weight is 197 g/mol. The molecule has 0 saturated carbocycles. The summed E-state index contributed by atoms with van der Waals surface area (Å²) in [6.45, 7) is 4.31. The minimum absolute atomic E-state index is 0.0269. The second kappa shape index (κ2) is 4.79. The third-order valence-electron chi connectivity index (χ3n) is 2.23. The van der Waals surface area contributed by atoms with Crippen molar-refractivity contribution in [2.45, 2.75) is 26.7 Å². The van der Waals surface area contributed by atoms with Crippen molar-refractivity contribution in [1.82, 2.24) is 5.32 Å². The molecule has 0 unspecified atom stereocenters. The Kier molecular flexibility index (Phi) is 3.68. The lowest BCUT2D eigenvalue weighted by Gasteiger charge is -2.17. The number of esters is 1. The van der Waals surface area contributed by atoms with Crippen LogP contribution in [-0.4, -0.2) is 25.0 Å². The molecule has 1 N–H and O–H groups in total. The van der Waals surface area contributed by atoms with Gasteiger partial charge in [-0.3, -0.25) is 9.59 Å². The molecular weight excluding hydrogens is 182 g/mol. The third-order valence-corrected chi connectivity index (χ3v) is 2.23. The Hall–Kier alpha value is -1.32. The summed E-state index contributed by atoms with van der Waals surface area (Å²) in [6.07, 6.45) is 1.40. The molecule has 0 saturated heterocycles. The first kappa shape index (κ1) is 10.8. The van der Waals surface area contributed by atoms with E-state index in [1.54, 1.807) is 0 Å². The molecule has 0 bridgehead atoms. The van der Waals surface area contributed by atoms with Gasteiger partial charge in [-0.15, -0.1) is 0 Å². The Morgan fingerprint density at radius 1 is 1.57 bits per heavy atom. The normalized spacial score (nSPS) is 16.6. The van der Waals surface area contributed by atoms with Gasteiger partial charge in [-0.1, -0.05) is 5.57 Å². The standard InChI is InChI=1S/C10H15NO3/c1-7-3-5-11-10(13)9(7)4-6-14-8(2)12/h3-6H2,1-2H3,(H,11,13). The van der Waals surface area contributed by atoms with Gasteiger partial charge in [-0.2, -0.15) is 0 Å². The lowest BCUT2D eigenvalue weighted by Crippen LogP contribution is -2.31. The van der Waals surface area contributed by atoms with Crippen molar-refractivity contribution in [1.29, 1.82) is 0 Å². The molecule has 1 heterocycles. The highest BCUT2D eigenvalue weighted by Gasteiger charge is 2.16. The fourth-order valence-electron chi connectivity index (χ4n) is 1.44. The van der Waals surface area contributed by atoms with E-state index in [9.17, 15) is 9.59 Å². The van der Waals surface area contributed by atoms with Crippen LogP contribution in [0.5, 0.6) is 0 Å². The smallest absolute Gasteiger partial charge is 0.302 e. The highest BCUT2D eigenvalue weighted by molar-refractivity contribution is 5.94. The van der Waals surface area contributed by atoms with E-state index in [0.29, 0.717) is 13.0 Å². The molecule has 0 aromatic carbocycles. The Morgan fingerprint density at radius 2 is 2.29 bits per heavy atom. The first-order chi connectivity index (χ1) is 6.61. The number of amides is 1. The molecule has 0 aromatic rings. The van der Waals surface area contributed by atoms with Crippen molar-refractivity contribution in [2.75, 3.05) is 13.2 Å². The molecule has 4 heteroatoms. The minimum atomic E-state index is -0.306. The Bertz CT molecular complexity index is 281. The first-order valence-electron chi connectivity index (χ1n) is 4.71. The summed E-state index contributed by atoms with van der Waals surface area (Å²) >= 11 is 0. The number of rotatable bonds is 3. The summed E-state index contributed by atoms with van der Waals surface area (Å²) < 4.78 is 4.79. The number of nitrogens with one attached hydrogen (secondary N) is 1. The summed E-state index contributed by atoms with van der Waals surface area (Å²) in [5.74, 6) is -0.333. The Labute approximate surface area is 83.3 Å². The van der Waals surface area contributed by atoms with Crippen LogP contribution < -0.4 is 5.32 Å². The summed E-state index contributed by atoms with van der Waals surface area (Å²) in [5.41, 5.74) is 1.86. The molecule has 14 heavy (non-hydrogen) atoms. The molecule has 1 aliphatic heterocycles. The molecule has 0 aliphatic carbocycles. The van der Waals surface area contributed by atoms with Gasteiger partial charge in [0, 0.05) is 25.5 Å². The Balaban J connectivity index is 2.48. The SMILES string of the molecule is CC(=O)OCCC1=C(C)CCNC1=O. The van der Waals surface area contributed by atoms with E-state index in [1.165, 1.54) is 6.92 Å². The van der Waals surface area contributed by atoms with E-state index in [1.807, 2.05) is 6.92 Å². The maximum atomic E-state index is 11.4. The molecule has 1 amide bonds. The van der Waals surface area contributed by atoms with Crippen LogP contribution in [0.1, 0.15) is 26.7 Å². The van der Waals surface area contributed by atoms with Gasteiger partial charge in [-0.05, 0) is 13.3 Å². The third kappa shape index (κ3) is 2.87. The molecule has 0 spiro atoms. The van der Waals surface area contributed by atoms with Gasteiger partial charge in [0.15, 0.2) is 0 Å².